The molecule has 0 N–H and O–H groups in total. The van der Waals surface area contributed by atoms with Gasteiger partial charge in [0.1, 0.15) is 18.5 Å². The largest absolute Gasteiger partial charge is 0.361 e. The summed E-state index contributed by atoms with van der Waals surface area (Å²) in [6, 6.07) is 11.4. The fraction of sp³-hybridized carbons (Fsp3) is 0.435. The minimum Gasteiger partial charge on any atom is -0.361 e. The molecule has 1 aliphatic heterocycles. The van der Waals surface area contributed by atoms with E-state index in [4.69, 9.17) is 27.9 Å². The lowest BCUT2D eigenvalue weighted by Crippen LogP contribution is -2.51. The van der Waals surface area contributed by atoms with E-state index in [1.54, 1.807) is 18.2 Å². The topological polar surface area (TPSA) is 29.5 Å². The Labute approximate surface area is 191 Å². The molecule has 3 atom stereocenters. The van der Waals surface area contributed by atoms with Crippen molar-refractivity contribution in [3.05, 3.63) is 69.5 Å². The van der Waals surface area contributed by atoms with Gasteiger partial charge in [-0.3, -0.25) is 4.79 Å². The average Bonchev–Trinajstić information content (AvgIpc) is 2.69. The minimum absolute atomic E-state index is 0.0287. The van der Waals surface area contributed by atoms with Gasteiger partial charge in [-0.05, 0) is 53.1 Å². The zero-order chi connectivity index (χ0) is 21.8. The first-order valence-electron chi connectivity index (χ1n) is 10.1. The molecule has 7 heteroatoms. The van der Waals surface area contributed by atoms with Crippen molar-refractivity contribution < 1.29 is 13.9 Å². The van der Waals surface area contributed by atoms with Crippen molar-refractivity contribution in [3.8, 4) is 0 Å². The predicted octanol–water partition coefficient (Wildman–Crippen LogP) is 6.69. The Hall–Kier alpha value is -1.27. The molecule has 2 aromatic rings. The normalized spacial score (nSPS) is 20.6. The molecule has 1 amide bonds. The van der Waals surface area contributed by atoms with Gasteiger partial charge in [0.05, 0.1) is 6.04 Å². The summed E-state index contributed by atoms with van der Waals surface area (Å²) in [7, 11) is 0. The number of nitrogens with zero attached hydrogens (tertiary/aromatic N) is 1. The van der Waals surface area contributed by atoms with Crippen molar-refractivity contribution in [3.63, 3.8) is 0 Å². The fourth-order valence-electron chi connectivity index (χ4n) is 3.77. The smallest absolute Gasteiger partial charge is 0.249 e. The van der Waals surface area contributed by atoms with Gasteiger partial charge in [-0.15, -0.1) is 0 Å². The van der Waals surface area contributed by atoms with Gasteiger partial charge in [0.25, 0.3) is 0 Å². The van der Waals surface area contributed by atoms with E-state index in [0.29, 0.717) is 20.9 Å². The van der Waals surface area contributed by atoms with Crippen molar-refractivity contribution in [1.82, 2.24) is 4.90 Å². The van der Waals surface area contributed by atoms with Crippen LogP contribution in [-0.2, 0) is 9.53 Å². The third-order valence-corrected chi connectivity index (χ3v) is 6.89. The first kappa shape index (κ1) is 23.4. The van der Waals surface area contributed by atoms with Crippen LogP contribution < -0.4 is 0 Å². The second-order valence-electron chi connectivity index (χ2n) is 7.68. The quantitative estimate of drug-likeness (QED) is 0.451. The van der Waals surface area contributed by atoms with Crippen LogP contribution >= 0.6 is 35.0 Å². The molecule has 1 heterocycles. The summed E-state index contributed by atoms with van der Waals surface area (Å²) in [6.07, 6.45) is 0.279. The molecule has 1 fully saturated rings. The van der Waals surface area contributed by atoms with Crippen molar-refractivity contribution in [2.75, 3.05) is 12.4 Å². The molecule has 1 saturated heterocycles. The van der Waals surface area contributed by atoms with E-state index in [2.05, 4.69) is 20.8 Å². The van der Waals surface area contributed by atoms with E-state index in [9.17, 15) is 9.18 Å². The van der Waals surface area contributed by atoms with Crippen LogP contribution in [0.4, 0.5) is 4.39 Å². The summed E-state index contributed by atoms with van der Waals surface area (Å²) in [5.74, 6) is 0.326. The first-order chi connectivity index (χ1) is 14.3. The van der Waals surface area contributed by atoms with E-state index < -0.39 is 18.0 Å². The van der Waals surface area contributed by atoms with E-state index in [-0.39, 0.29) is 18.6 Å². The highest BCUT2D eigenvalue weighted by molar-refractivity contribution is 7.99. The maximum atomic E-state index is 14.1. The SMILES string of the molecule is CC[C@@H](CSC(C)C)N1C(=O)CO[C@H](c2cc(F)cc(Cl)c2)[C@H]1c1ccc(Cl)cc1. The molecule has 0 aliphatic carbocycles. The molecular formula is C23H26Cl2FNO2S. The number of benzene rings is 2. The third-order valence-electron chi connectivity index (χ3n) is 5.17. The van der Waals surface area contributed by atoms with E-state index in [1.165, 1.54) is 12.1 Å². The number of halogens is 3. The van der Waals surface area contributed by atoms with Gasteiger partial charge in [-0.1, -0.05) is 56.1 Å². The summed E-state index contributed by atoms with van der Waals surface area (Å²) in [5, 5.41) is 1.37. The zero-order valence-corrected chi connectivity index (χ0v) is 19.6. The predicted molar refractivity (Wildman–Crippen MR) is 123 cm³/mol. The standard InChI is InChI=1S/C23H26Cl2FNO2S/c1-4-20(13-30-14(2)3)27-21(28)12-29-23(16-9-18(25)11-19(26)10-16)22(27)15-5-7-17(24)8-6-15/h5-11,14,20,22-23H,4,12-13H2,1-3H3/t20-,22+,23+/m0/s1. The Morgan fingerprint density at radius 1 is 1.13 bits per heavy atom. The molecule has 30 heavy (non-hydrogen) atoms. The lowest BCUT2D eigenvalue weighted by Gasteiger charge is -2.45. The maximum absolute atomic E-state index is 14.1. The van der Waals surface area contributed by atoms with E-state index >= 15 is 0 Å². The number of morpholine rings is 1. The molecule has 0 unspecified atom stereocenters. The second-order valence-corrected chi connectivity index (χ2v) is 10.2. The van der Waals surface area contributed by atoms with Crippen molar-refractivity contribution >= 4 is 40.9 Å². The van der Waals surface area contributed by atoms with Crippen molar-refractivity contribution in [1.29, 1.82) is 0 Å². The average molecular weight is 470 g/mol. The molecule has 0 bridgehead atoms. The van der Waals surface area contributed by atoms with Gasteiger partial charge in [0.2, 0.25) is 5.91 Å². The second kappa shape index (κ2) is 10.4. The van der Waals surface area contributed by atoms with Gasteiger partial charge in [0.15, 0.2) is 0 Å². The summed E-state index contributed by atoms with van der Waals surface area (Å²) in [4.78, 5) is 15.0. The number of amides is 1. The molecule has 162 valence electrons. The van der Waals surface area contributed by atoms with Crippen LogP contribution in [0.15, 0.2) is 42.5 Å². The molecule has 3 rings (SSSR count). The summed E-state index contributed by atoms with van der Waals surface area (Å²) in [5.41, 5.74) is 1.51. The van der Waals surface area contributed by atoms with Crippen LogP contribution in [-0.4, -0.2) is 34.5 Å². The Morgan fingerprint density at radius 2 is 1.83 bits per heavy atom. The number of thioether (sulfide) groups is 1. The number of hydrogen-bond acceptors (Lipinski definition) is 3. The summed E-state index contributed by atoms with van der Waals surface area (Å²) >= 11 is 14.1. The van der Waals surface area contributed by atoms with Gasteiger partial charge in [-0.2, -0.15) is 11.8 Å². The lowest BCUT2D eigenvalue weighted by molar-refractivity contribution is -0.162. The van der Waals surface area contributed by atoms with Crippen LogP contribution in [0.1, 0.15) is 50.5 Å². The van der Waals surface area contributed by atoms with Crippen LogP contribution in [0.5, 0.6) is 0 Å². The zero-order valence-electron chi connectivity index (χ0n) is 17.3. The Morgan fingerprint density at radius 3 is 2.43 bits per heavy atom. The van der Waals surface area contributed by atoms with Gasteiger partial charge in [-0.25, -0.2) is 4.39 Å². The summed E-state index contributed by atoms with van der Waals surface area (Å²) in [6.45, 7) is 6.33. The fourth-order valence-corrected chi connectivity index (χ4v) is 5.13. The molecule has 0 spiro atoms. The van der Waals surface area contributed by atoms with Crippen LogP contribution in [0.2, 0.25) is 10.0 Å². The number of hydrogen-bond donors (Lipinski definition) is 0. The molecule has 0 saturated carbocycles. The van der Waals surface area contributed by atoms with Gasteiger partial charge in [0, 0.05) is 21.8 Å². The van der Waals surface area contributed by atoms with Crippen LogP contribution in [0.25, 0.3) is 0 Å². The Bertz CT molecular complexity index is 858. The molecule has 3 nitrogen and oxygen atoms in total. The highest BCUT2D eigenvalue weighted by Gasteiger charge is 2.41. The molecular weight excluding hydrogens is 444 g/mol. The number of carbonyl (C=O) groups is 1. The van der Waals surface area contributed by atoms with Crippen molar-refractivity contribution in [2.24, 2.45) is 0 Å². The number of rotatable bonds is 7. The van der Waals surface area contributed by atoms with Crippen LogP contribution in [0.3, 0.4) is 0 Å². The monoisotopic (exact) mass is 469 g/mol. The molecule has 0 radical (unpaired) electrons. The highest BCUT2D eigenvalue weighted by atomic mass is 35.5. The highest BCUT2D eigenvalue weighted by Crippen LogP contribution is 2.43. The maximum Gasteiger partial charge on any atom is 0.249 e. The molecule has 2 aromatic carbocycles. The number of carbonyl (C=O) groups excluding carboxylic acids is 1. The van der Waals surface area contributed by atoms with Crippen LogP contribution in [0, 0.1) is 5.82 Å². The number of ether oxygens (including phenoxy) is 1. The molecule has 1 aliphatic rings. The van der Waals surface area contributed by atoms with Crippen molar-refractivity contribution in [2.45, 2.75) is 50.6 Å². The molecule has 0 aromatic heterocycles. The lowest BCUT2D eigenvalue weighted by atomic mass is 9.91. The van der Waals surface area contributed by atoms with E-state index in [1.807, 2.05) is 28.8 Å². The van der Waals surface area contributed by atoms with E-state index in [0.717, 1.165) is 17.7 Å². The Kier molecular flexibility index (Phi) is 8.08. The third kappa shape index (κ3) is 5.50. The Balaban J connectivity index is 2.07. The first-order valence-corrected chi connectivity index (χ1v) is 11.9. The minimum atomic E-state index is -0.532. The van der Waals surface area contributed by atoms with Gasteiger partial charge < -0.3 is 9.64 Å². The summed E-state index contributed by atoms with van der Waals surface area (Å²) < 4.78 is 20.1. The van der Waals surface area contributed by atoms with Gasteiger partial charge >= 0.3 is 0 Å².